The van der Waals surface area contributed by atoms with Crippen LogP contribution in [0.4, 0.5) is 0 Å². The molecular formula is C19H19BrN2O. The van der Waals surface area contributed by atoms with Crippen molar-refractivity contribution in [1.29, 1.82) is 0 Å². The largest absolute Gasteiger partial charge is 0.273 e. The molecule has 1 heterocycles. The number of rotatable bonds is 3. The molecule has 0 radical (unpaired) electrons. The lowest BCUT2D eigenvalue weighted by molar-refractivity contribution is -0.130. The molecule has 1 amide bonds. The van der Waals surface area contributed by atoms with Gasteiger partial charge in [0.1, 0.15) is 0 Å². The quantitative estimate of drug-likeness (QED) is 0.769. The van der Waals surface area contributed by atoms with E-state index in [0.29, 0.717) is 0 Å². The van der Waals surface area contributed by atoms with E-state index >= 15 is 0 Å². The smallest absolute Gasteiger partial charge is 0.240 e. The van der Waals surface area contributed by atoms with E-state index in [1.807, 2.05) is 24.3 Å². The average Bonchev–Trinajstić information content (AvgIpc) is 3.01. The van der Waals surface area contributed by atoms with Crippen LogP contribution in [0, 0.1) is 0 Å². The first-order chi connectivity index (χ1) is 11.1. The summed E-state index contributed by atoms with van der Waals surface area (Å²) in [6.45, 7) is 3.71. The summed E-state index contributed by atoms with van der Waals surface area (Å²) in [5.74, 6) is -0.0262. The van der Waals surface area contributed by atoms with E-state index in [4.69, 9.17) is 0 Å². The van der Waals surface area contributed by atoms with Crippen molar-refractivity contribution < 1.29 is 4.79 Å². The lowest BCUT2D eigenvalue weighted by atomic mass is 9.97. The zero-order valence-electron chi connectivity index (χ0n) is 13.3. The maximum Gasteiger partial charge on any atom is 0.240 e. The molecule has 1 aliphatic heterocycles. The third kappa shape index (κ3) is 3.37. The molecule has 0 aliphatic carbocycles. The molecule has 0 unspecified atom stereocenters. The van der Waals surface area contributed by atoms with Gasteiger partial charge in [-0.3, -0.25) is 4.79 Å². The summed E-state index contributed by atoms with van der Waals surface area (Å²) >= 11 is 3.45. The number of benzene rings is 2. The Hall–Kier alpha value is -1.94. The predicted molar refractivity (Wildman–Crippen MR) is 96.4 cm³/mol. The van der Waals surface area contributed by atoms with Crippen molar-refractivity contribution in [3.63, 3.8) is 0 Å². The van der Waals surface area contributed by atoms with Gasteiger partial charge >= 0.3 is 0 Å². The van der Waals surface area contributed by atoms with E-state index in [1.165, 1.54) is 5.56 Å². The minimum absolute atomic E-state index is 0.0166. The molecule has 0 bridgehead atoms. The first-order valence-electron chi connectivity index (χ1n) is 7.80. The Labute approximate surface area is 145 Å². The predicted octanol–water partition coefficient (Wildman–Crippen LogP) is 4.71. The Balaban J connectivity index is 1.90. The maximum atomic E-state index is 12.0. The van der Waals surface area contributed by atoms with Crippen molar-refractivity contribution in [3.8, 4) is 0 Å². The van der Waals surface area contributed by atoms with Crippen LogP contribution in [-0.4, -0.2) is 16.6 Å². The number of hydrogen-bond donors (Lipinski definition) is 0. The third-order valence-electron chi connectivity index (χ3n) is 4.18. The van der Waals surface area contributed by atoms with Gasteiger partial charge in [0.25, 0.3) is 0 Å². The topological polar surface area (TPSA) is 32.7 Å². The normalized spacial score (nSPS) is 17.3. The Kier molecular flexibility index (Phi) is 4.62. The van der Waals surface area contributed by atoms with Gasteiger partial charge < -0.3 is 0 Å². The van der Waals surface area contributed by atoms with Crippen molar-refractivity contribution in [2.45, 2.75) is 32.7 Å². The summed E-state index contributed by atoms with van der Waals surface area (Å²) in [4.78, 5) is 12.0. The molecule has 3 nitrogen and oxygen atoms in total. The van der Waals surface area contributed by atoms with Crippen molar-refractivity contribution in [1.82, 2.24) is 5.01 Å². The highest BCUT2D eigenvalue weighted by Gasteiger charge is 2.31. The first-order valence-corrected chi connectivity index (χ1v) is 8.60. The van der Waals surface area contributed by atoms with Crippen LogP contribution in [0.2, 0.25) is 0 Å². The molecule has 0 saturated heterocycles. The van der Waals surface area contributed by atoms with Crippen LogP contribution in [0.3, 0.4) is 0 Å². The Bertz CT molecular complexity index is 735. The summed E-state index contributed by atoms with van der Waals surface area (Å²) in [6.07, 6.45) is 1.76. The highest BCUT2D eigenvalue weighted by Crippen LogP contribution is 2.33. The zero-order valence-corrected chi connectivity index (χ0v) is 14.9. The van der Waals surface area contributed by atoms with E-state index in [-0.39, 0.29) is 11.9 Å². The van der Waals surface area contributed by atoms with Crippen molar-refractivity contribution in [2.75, 3.05) is 0 Å². The molecule has 23 heavy (non-hydrogen) atoms. The molecule has 4 heteroatoms. The SMILES string of the molecule is CCc1ccc([C@@H]2CC(c3ccc(Br)cc3)=NN2C(C)=O)cc1. The highest BCUT2D eigenvalue weighted by molar-refractivity contribution is 9.10. The van der Waals surface area contributed by atoms with E-state index in [1.54, 1.807) is 11.9 Å². The Morgan fingerprint density at radius 1 is 1.17 bits per heavy atom. The molecule has 0 aromatic heterocycles. The van der Waals surface area contributed by atoms with Crippen LogP contribution in [0.5, 0.6) is 0 Å². The molecule has 0 fully saturated rings. The summed E-state index contributed by atoms with van der Waals surface area (Å²) in [5, 5.41) is 6.18. The maximum absolute atomic E-state index is 12.0. The van der Waals surface area contributed by atoms with Gasteiger partial charge in [0.05, 0.1) is 11.8 Å². The number of hydrazone groups is 1. The van der Waals surface area contributed by atoms with E-state index in [2.05, 4.69) is 52.2 Å². The number of carbonyl (C=O) groups is 1. The van der Waals surface area contributed by atoms with Gasteiger partial charge in [-0.15, -0.1) is 0 Å². The fraction of sp³-hybridized carbons (Fsp3) is 0.263. The second kappa shape index (κ2) is 6.67. The van der Waals surface area contributed by atoms with Crippen LogP contribution in [-0.2, 0) is 11.2 Å². The van der Waals surface area contributed by atoms with Crippen LogP contribution < -0.4 is 0 Å². The Morgan fingerprint density at radius 2 is 1.83 bits per heavy atom. The zero-order chi connectivity index (χ0) is 16.4. The number of nitrogens with zero attached hydrogens (tertiary/aromatic N) is 2. The van der Waals surface area contributed by atoms with Gasteiger partial charge in [-0.05, 0) is 35.2 Å². The summed E-state index contributed by atoms with van der Waals surface area (Å²) in [7, 11) is 0. The number of hydrogen-bond acceptors (Lipinski definition) is 2. The summed E-state index contributed by atoms with van der Waals surface area (Å²) < 4.78 is 1.04. The molecule has 0 saturated carbocycles. The lowest BCUT2D eigenvalue weighted by Crippen LogP contribution is -2.24. The van der Waals surface area contributed by atoms with Gasteiger partial charge in [0, 0.05) is 17.8 Å². The average molecular weight is 371 g/mol. The first kappa shape index (κ1) is 15.9. The van der Waals surface area contributed by atoms with Gasteiger partial charge in [0.15, 0.2) is 0 Å². The third-order valence-corrected chi connectivity index (χ3v) is 4.71. The molecule has 1 atom stereocenters. The molecule has 2 aromatic rings. The van der Waals surface area contributed by atoms with Gasteiger partial charge in [0.2, 0.25) is 5.91 Å². The number of carbonyl (C=O) groups excluding carboxylic acids is 1. The second-order valence-electron chi connectivity index (χ2n) is 5.73. The van der Waals surface area contributed by atoms with Gasteiger partial charge in [-0.25, -0.2) is 5.01 Å². The van der Waals surface area contributed by atoms with E-state index in [9.17, 15) is 4.79 Å². The molecule has 118 valence electrons. The molecule has 0 N–H and O–H groups in total. The lowest BCUT2D eigenvalue weighted by Gasteiger charge is -2.20. The highest BCUT2D eigenvalue weighted by atomic mass is 79.9. The van der Waals surface area contributed by atoms with Crippen LogP contribution in [0.15, 0.2) is 58.1 Å². The molecule has 0 spiro atoms. The summed E-state index contributed by atoms with van der Waals surface area (Å²) in [6, 6.07) is 16.5. The van der Waals surface area contributed by atoms with Crippen molar-refractivity contribution >= 4 is 27.5 Å². The van der Waals surface area contributed by atoms with Crippen LogP contribution in [0.25, 0.3) is 0 Å². The molecule has 2 aromatic carbocycles. The van der Waals surface area contributed by atoms with Crippen LogP contribution >= 0.6 is 15.9 Å². The molecule has 3 rings (SSSR count). The fourth-order valence-corrected chi connectivity index (χ4v) is 3.12. The monoisotopic (exact) mass is 370 g/mol. The minimum Gasteiger partial charge on any atom is -0.273 e. The van der Waals surface area contributed by atoms with Gasteiger partial charge in [-0.2, -0.15) is 5.10 Å². The van der Waals surface area contributed by atoms with Crippen molar-refractivity contribution in [3.05, 3.63) is 69.7 Å². The standard InChI is InChI=1S/C19H19BrN2O/c1-3-14-4-6-16(7-5-14)19-12-18(21-22(19)13(2)23)15-8-10-17(20)11-9-15/h4-11,19H,3,12H2,1-2H3/t19-/m0/s1. The second-order valence-corrected chi connectivity index (χ2v) is 6.65. The van der Waals surface area contributed by atoms with E-state index < -0.39 is 0 Å². The Morgan fingerprint density at radius 3 is 2.39 bits per heavy atom. The number of halogens is 1. The van der Waals surface area contributed by atoms with Crippen LogP contribution in [0.1, 0.15) is 43.0 Å². The number of amides is 1. The summed E-state index contributed by atoms with van der Waals surface area (Å²) in [5.41, 5.74) is 4.45. The number of aryl methyl sites for hydroxylation is 1. The minimum atomic E-state index is -0.0262. The van der Waals surface area contributed by atoms with E-state index in [0.717, 1.165) is 34.2 Å². The van der Waals surface area contributed by atoms with Crippen molar-refractivity contribution in [2.24, 2.45) is 5.10 Å². The molecule has 1 aliphatic rings. The molecular weight excluding hydrogens is 352 g/mol. The fourth-order valence-electron chi connectivity index (χ4n) is 2.85. The van der Waals surface area contributed by atoms with Gasteiger partial charge in [-0.1, -0.05) is 59.3 Å².